The number of anilines is 1. The zero-order chi connectivity index (χ0) is 22.0. The Morgan fingerprint density at radius 2 is 2.17 bits per heavy atom. The molecule has 1 fully saturated rings. The quantitative estimate of drug-likeness (QED) is 0.586. The fourth-order valence-corrected chi connectivity index (χ4v) is 4.82. The second kappa shape index (κ2) is 9.32. The third-order valence-electron chi connectivity index (χ3n) is 5.13. The molecular weight excluding hydrogens is 430 g/mol. The predicted molar refractivity (Wildman–Crippen MR) is 115 cm³/mol. The fourth-order valence-electron chi connectivity index (χ4n) is 3.46. The molecule has 2 atom stereocenters. The van der Waals surface area contributed by atoms with Crippen LogP contribution in [0.25, 0.3) is 0 Å². The minimum Gasteiger partial charge on any atom is -0.477 e. The summed E-state index contributed by atoms with van der Waals surface area (Å²) in [5, 5.41) is 13.4. The second-order valence-corrected chi connectivity index (χ2v) is 8.80. The molecule has 1 amide bonds. The molecule has 0 unspecified atom stereocenters. The Hall–Kier alpha value is -2.17. The van der Waals surface area contributed by atoms with E-state index >= 15 is 0 Å². The van der Waals surface area contributed by atoms with Gasteiger partial charge in [-0.25, -0.2) is 14.8 Å². The highest BCUT2D eigenvalue weighted by molar-refractivity contribution is 7.17. The van der Waals surface area contributed by atoms with E-state index in [1.54, 1.807) is 7.11 Å². The van der Waals surface area contributed by atoms with Crippen LogP contribution in [-0.4, -0.2) is 64.3 Å². The molecule has 3 N–H and O–H groups in total. The van der Waals surface area contributed by atoms with Crippen molar-refractivity contribution in [1.29, 1.82) is 0 Å². The molecule has 2 aromatic heterocycles. The van der Waals surface area contributed by atoms with Gasteiger partial charge in [-0.05, 0) is 18.8 Å². The number of hydrogen-bond acceptors (Lipinski definition) is 7. The van der Waals surface area contributed by atoms with Crippen LogP contribution in [0, 0.1) is 0 Å². The number of piperidine rings is 1. The first-order chi connectivity index (χ1) is 14.2. The molecule has 2 aromatic rings. The van der Waals surface area contributed by atoms with E-state index in [0.717, 1.165) is 5.69 Å². The average Bonchev–Trinajstić information content (AvgIpc) is 3.32. The molecule has 1 saturated heterocycles. The molecule has 0 spiro atoms. The van der Waals surface area contributed by atoms with Crippen molar-refractivity contribution >= 4 is 39.9 Å². The predicted octanol–water partition coefficient (Wildman–Crippen LogP) is 2.93. The Morgan fingerprint density at radius 1 is 1.43 bits per heavy atom. The summed E-state index contributed by atoms with van der Waals surface area (Å²) in [6.45, 7) is 6.89. The summed E-state index contributed by atoms with van der Waals surface area (Å²) in [5.74, 6) is -1.09. The van der Waals surface area contributed by atoms with Crippen LogP contribution in [0.2, 0.25) is 5.15 Å². The normalized spacial score (nSPS) is 19.3. The lowest BCUT2D eigenvalue weighted by molar-refractivity contribution is 0.0538. The van der Waals surface area contributed by atoms with Crippen molar-refractivity contribution in [2.24, 2.45) is 0 Å². The summed E-state index contributed by atoms with van der Waals surface area (Å²) in [7, 11) is 1.59. The number of nitrogens with zero attached hydrogens (tertiary/aromatic N) is 3. The lowest BCUT2D eigenvalue weighted by Gasteiger charge is -2.37. The number of imidazole rings is 1. The summed E-state index contributed by atoms with van der Waals surface area (Å²) in [6.07, 6.45) is 1.000. The maximum absolute atomic E-state index is 12.6. The lowest BCUT2D eigenvalue weighted by Crippen LogP contribution is -2.55. The van der Waals surface area contributed by atoms with E-state index in [1.165, 1.54) is 11.3 Å². The van der Waals surface area contributed by atoms with Crippen LogP contribution in [0.15, 0.2) is 0 Å². The van der Waals surface area contributed by atoms with Gasteiger partial charge in [-0.3, -0.25) is 4.79 Å². The van der Waals surface area contributed by atoms with Crippen molar-refractivity contribution in [1.82, 2.24) is 20.3 Å². The lowest BCUT2D eigenvalue weighted by atomic mass is 10.0. The number of carbonyl (C=O) groups excluding carboxylic acids is 1. The van der Waals surface area contributed by atoms with Gasteiger partial charge >= 0.3 is 5.97 Å². The van der Waals surface area contributed by atoms with Crippen molar-refractivity contribution in [3.63, 3.8) is 0 Å². The molecule has 1 aliphatic heterocycles. The monoisotopic (exact) mass is 455 g/mol. The van der Waals surface area contributed by atoms with Crippen molar-refractivity contribution in [2.45, 2.75) is 51.7 Å². The maximum Gasteiger partial charge on any atom is 0.347 e. The smallest absolute Gasteiger partial charge is 0.347 e. The van der Waals surface area contributed by atoms with Gasteiger partial charge in [0.2, 0.25) is 0 Å². The largest absolute Gasteiger partial charge is 0.477 e. The molecule has 1 aliphatic rings. The molecule has 11 heteroatoms. The van der Waals surface area contributed by atoms with Gasteiger partial charge in [-0.15, -0.1) is 0 Å². The number of rotatable bonds is 7. The minimum absolute atomic E-state index is 0.0179. The number of H-pyrrole nitrogens is 1. The fraction of sp³-hybridized carbons (Fsp3) is 0.579. The van der Waals surface area contributed by atoms with Crippen LogP contribution in [0.5, 0.6) is 0 Å². The van der Waals surface area contributed by atoms with E-state index in [-0.39, 0.29) is 34.7 Å². The topological polar surface area (TPSA) is 120 Å². The Morgan fingerprint density at radius 3 is 2.70 bits per heavy atom. The Balaban J connectivity index is 1.71. The van der Waals surface area contributed by atoms with Crippen molar-refractivity contribution < 1.29 is 19.4 Å². The molecular formula is C19H26ClN5O4S. The molecule has 0 bridgehead atoms. The van der Waals surface area contributed by atoms with Crippen molar-refractivity contribution in [2.75, 3.05) is 25.1 Å². The number of carboxylic acid groups (broad SMARTS) is 1. The summed E-state index contributed by atoms with van der Waals surface area (Å²) < 4.78 is 5.62. The van der Waals surface area contributed by atoms with Crippen LogP contribution in [-0.2, 0) is 11.2 Å². The first-order valence-corrected chi connectivity index (χ1v) is 11.0. The third-order valence-corrected chi connectivity index (χ3v) is 6.56. The standard InChI is InChI=1S/C19H26ClN5O4S/c1-5-10-15(20)24-16(21-10)17(26)22-11-6-7-25(8-12(11)29-4)19-23-13(9(2)3)14(30-19)18(27)28/h9,11-12H,5-8H2,1-4H3,(H,21,24)(H,22,26)(H,27,28)/t11-,12+/m1/s1. The number of ether oxygens (including phenoxy) is 1. The number of halogens is 1. The maximum atomic E-state index is 12.6. The summed E-state index contributed by atoms with van der Waals surface area (Å²) in [6, 6.07) is -0.212. The number of hydrogen-bond donors (Lipinski definition) is 3. The number of carbonyl (C=O) groups is 2. The first kappa shape index (κ1) is 22.5. The van der Waals surface area contributed by atoms with Crippen LogP contribution >= 0.6 is 22.9 Å². The summed E-state index contributed by atoms with van der Waals surface area (Å²) in [5.41, 5.74) is 1.31. The van der Waals surface area contributed by atoms with Gasteiger partial charge < -0.3 is 25.0 Å². The van der Waals surface area contributed by atoms with Crippen LogP contribution < -0.4 is 10.2 Å². The number of amides is 1. The van der Waals surface area contributed by atoms with Gasteiger partial charge in [-0.1, -0.05) is 43.7 Å². The number of aromatic amines is 1. The van der Waals surface area contributed by atoms with E-state index in [1.807, 2.05) is 25.7 Å². The van der Waals surface area contributed by atoms with E-state index < -0.39 is 5.97 Å². The number of nitrogens with one attached hydrogen (secondary N) is 2. The highest BCUT2D eigenvalue weighted by atomic mass is 35.5. The average molecular weight is 456 g/mol. The SMILES string of the molecule is CCc1[nH]c(C(=O)N[C@@H]2CCN(c3nc(C(C)C)c(C(=O)O)s3)C[C@@H]2OC)nc1Cl. The molecule has 164 valence electrons. The Bertz CT molecular complexity index is 928. The van der Waals surface area contributed by atoms with Gasteiger partial charge in [-0.2, -0.15) is 0 Å². The van der Waals surface area contributed by atoms with E-state index in [9.17, 15) is 14.7 Å². The molecule has 30 heavy (non-hydrogen) atoms. The van der Waals surface area contributed by atoms with Crippen LogP contribution in [0.4, 0.5) is 5.13 Å². The highest BCUT2D eigenvalue weighted by Crippen LogP contribution is 2.32. The molecule has 0 aliphatic carbocycles. The molecule has 3 heterocycles. The van der Waals surface area contributed by atoms with Crippen LogP contribution in [0.1, 0.15) is 64.8 Å². The zero-order valence-corrected chi connectivity index (χ0v) is 18.9. The van der Waals surface area contributed by atoms with Crippen LogP contribution in [0.3, 0.4) is 0 Å². The number of aromatic nitrogens is 3. The number of aryl methyl sites for hydroxylation is 1. The van der Waals surface area contributed by atoms with Gasteiger partial charge in [0.05, 0.1) is 23.5 Å². The van der Waals surface area contributed by atoms with Gasteiger partial charge in [0.1, 0.15) is 4.88 Å². The number of aromatic carboxylic acids is 1. The first-order valence-electron chi connectivity index (χ1n) is 9.82. The van der Waals surface area contributed by atoms with Crippen molar-refractivity contribution in [3.8, 4) is 0 Å². The van der Waals surface area contributed by atoms with E-state index in [0.29, 0.717) is 41.9 Å². The van der Waals surface area contributed by atoms with Gasteiger partial charge in [0.25, 0.3) is 5.91 Å². The minimum atomic E-state index is -0.962. The van der Waals surface area contributed by atoms with E-state index in [2.05, 4.69) is 20.3 Å². The van der Waals surface area contributed by atoms with Crippen molar-refractivity contribution in [3.05, 3.63) is 27.2 Å². The molecule has 9 nitrogen and oxygen atoms in total. The molecule has 3 rings (SSSR count). The second-order valence-electron chi connectivity index (χ2n) is 7.47. The van der Waals surface area contributed by atoms with Gasteiger partial charge in [0.15, 0.2) is 16.1 Å². The third kappa shape index (κ3) is 4.60. The Labute approximate surface area is 183 Å². The highest BCUT2D eigenvalue weighted by Gasteiger charge is 2.33. The van der Waals surface area contributed by atoms with E-state index in [4.69, 9.17) is 16.3 Å². The molecule has 0 radical (unpaired) electrons. The summed E-state index contributed by atoms with van der Waals surface area (Å²) in [4.78, 5) is 38.0. The number of thiazole rings is 1. The molecule has 0 saturated carbocycles. The number of carboxylic acids is 1. The Kier molecular flexibility index (Phi) is 6.99. The zero-order valence-electron chi connectivity index (χ0n) is 17.4. The number of methoxy groups -OCH3 is 1. The van der Waals surface area contributed by atoms with Gasteiger partial charge in [0, 0.05) is 20.2 Å². The molecule has 0 aromatic carbocycles. The summed E-state index contributed by atoms with van der Waals surface area (Å²) >= 11 is 7.21.